The lowest BCUT2D eigenvalue weighted by Gasteiger charge is -2.32. The summed E-state index contributed by atoms with van der Waals surface area (Å²) in [4.78, 5) is 13.1. The molecule has 0 saturated carbocycles. The van der Waals surface area contributed by atoms with Gasteiger partial charge in [-0.3, -0.25) is 9.10 Å². The Hall–Kier alpha value is -3.58. The van der Waals surface area contributed by atoms with Crippen LogP contribution in [0, 0.1) is 13.8 Å². The number of carbonyl (C=O) groups excluding carboxylic acids is 1. The Labute approximate surface area is 200 Å². The van der Waals surface area contributed by atoms with Crippen LogP contribution in [0.2, 0.25) is 0 Å². The number of carbonyl (C=O) groups is 1. The zero-order valence-corrected chi connectivity index (χ0v) is 20.4. The van der Waals surface area contributed by atoms with E-state index < -0.39 is 15.9 Å². The summed E-state index contributed by atoms with van der Waals surface area (Å²) in [6.07, 6.45) is 0. The molecule has 7 heteroatoms. The Kier molecular flexibility index (Phi) is 6.75. The van der Waals surface area contributed by atoms with E-state index in [9.17, 15) is 13.2 Å². The van der Waals surface area contributed by atoms with E-state index in [0.29, 0.717) is 28.1 Å². The van der Waals surface area contributed by atoms with Crippen LogP contribution in [-0.4, -0.2) is 34.0 Å². The van der Waals surface area contributed by atoms with E-state index in [0.717, 1.165) is 5.56 Å². The van der Waals surface area contributed by atoms with Crippen LogP contribution in [0.1, 0.15) is 29.2 Å². The summed E-state index contributed by atoms with van der Waals surface area (Å²) >= 11 is 0. The van der Waals surface area contributed by atoms with Crippen LogP contribution in [0.4, 0.5) is 5.69 Å². The fourth-order valence-corrected chi connectivity index (χ4v) is 5.84. The molecule has 0 atom stereocenters. The highest BCUT2D eigenvalue weighted by molar-refractivity contribution is 7.97. The van der Waals surface area contributed by atoms with Crippen LogP contribution in [0.3, 0.4) is 0 Å². The number of nitrogens with one attached hydrogen (secondary N) is 1. The van der Waals surface area contributed by atoms with Gasteiger partial charge in [-0.1, -0.05) is 54.6 Å². The summed E-state index contributed by atoms with van der Waals surface area (Å²) in [5.74, 6) is 0.0633. The molecule has 0 spiro atoms. The van der Waals surface area contributed by atoms with Gasteiger partial charge in [-0.2, -0.15) is 0 Å². The van der Waals surface area contributed by atoms with Gasteiger partial charge in [0.2, 0.25) is 0 Å². The van der Waals surface area contributed by atoms with E-state index in [2.05, 4.69) is 5.32 Å². The first-order chi connectivity index (χ1) is 16.3. The zero-order chi connectivity index (χ0) is 24.3. The predicted molar refractivity (Wildman–Crippen MR) is 135 cm³/mol. The van der Waals surface area contributed by atoms with Crippen LogP contribution < -0.4 is 14.4 Å². The topological polar surface area (TPSA) is 75.7 Å². The van der Waals surface area contributed by atoms with Gasteiger partial charge >= 0.3 is 0 Å². The molecule has 4 rings (SSSR count). The zero-order valence-electron chi connectivity index (χ0n) is 19.5. The lowest BCUT2D eigenvalue weighted by Crippen LogP contribution is -2.42. The van der Waals surface area contributed by atoms with Crippen LogP contribution in [0.5, 0.6) is 5.75 Å². The molecule has 1 heterocycles. The van der Waals surface area contributed by atoms with Gasteiger partial charge in [0.15, 0.2) is 4.91 Å². The quantitative estimate of drug-likeness (QED) is 0.512. The Morgan fingerprint density at radius 2 is 1.65 bits per heavy atom. The summed E-state index contributed by atoms with van der Waals surface area (Å²) in [5, 5.41) is 2.75. The molecule has 1 aliphatic heterocycles. The van der Waals surface area contributed by atoms with E-state index in [-0.39, 0.29) is 24.6 Å². The molecule has 3 aromatic carbocycles. The molecule has 0 saturated heterocycles. The SMILES string of the molecule is CCN1c2ccccc2C(c2ccccc2)=C(C(=O)NCCOc2ccc(C)c(C)c2)S1(=O)=O. The van der Waals surface area contributed by atoms with Gasteiger partial charge in [-0.15, -0.1) is 0 Å². The minimum atomic E-state index is -4.06. The molecule has 1 amide bonds. The normalized spacial score (nSPS) is 14.5. The van der Waals surface area contributed by atoms with Crippen molar-refractivity contribution >= 4 is 27.2 Å². The largest absolute Gasteiger partial charge is 0.492 e. The predicted octanol–water partition coefficient (Wildman–Crippen LogP) is 4.43. The Morgan fingerprint density at radius 3 is 2.35 bits per heavy atom. The first kappa shape index (κ1) is 23.6. The van der Waals surface area contributed by atoms with Crippen molar-refractivity contribution in [1.82, 2.24) is 5.32 Å². The minimum absolute atomic E-state index is 0.167. The second-order valence-corrected chi connectivity index (χ2v) is 9.91. The number of hydrogen-bond acceptors (Lipinski definition) is 4. The van der Waals surface area contributed by atoms with Crippen LogP contribution in [-0.2, 0) is 14.8 Å². The summed E-state index contributed by atoms with van der Waals surface area (Å²) in [7, 11) is -4.06. The summed E-state index contributed by atoms with van der Waals surface area (Å²) in [6, 6.07) is 22.2. The monoisotopic (exact) mass is 476 g/mol. The number of hydrogen-bond donors (Lipinski definition) is 1. The summed E-state index contributed by atoms with van der Waals surface area (Å²) in [6.45, 7) is 6.40. The van der Waals surface area contributed by atoms with Gasteiger partial charge < -0.3 is 10.1 Å². The first-order valence-electron chi connectivity index (χ1n) is 11.2. The van der Waals surface area contributed by atoms with Crippen LogP contribution in [0.25, 0.3) is 5.57 Å². The van der Waals surface area contributed by atoms with E-state index in [1.165, 1.54) is 9.87 Å². The van der Waals surface area contributed by atoms with Crippen molar-refractivity contribution in [3.63, 3.8) is 0 Å². The molecular weight excluding hydrogens is 448 g/mol. The molecular formula is C27H28N2O4S. The number of sulfonamides is 1. The number of para-hydroxylation sites is 1. The lowest BCUT2D eigenvalue weighted by atomic mass is 9.95. The summed E-state index contributed by atoms with van der Waals surface area (Å²) in [5.41, 5.74) is 4.65. The highest BCUT2D eigenvalue weighted by Crippen LogP contribution is 2.42. The van der Waals surface area contributed by atoms with Gasteiger partial charge in [-0.25, -0.2) is 8.42 Å². The third kappa shape index (κ3) is 4.43. The van der Waals surface area contributed by atoms with Crippen molar-refractivity contribution in [2.24, 2.45) is 0 Å². The number of rotatable bonds is 7. The highest BCUT2D eigenvalue weighted by atomic mass is 32.2. The van der Waals surface area contributed by atoms with Crippen molar-refractivity contribution in [3.05, 3.63) is 100.0 Å². The molecule has 0 aliphatic carbocycles. The maximum atomic E-state index is 13.6. The van der Waals surface area contributed by atoms with Gasteiger partial charge in [0.1, 0.15) is 12.4 Å². The average molecular weight is 477 g/mol. The third-order valence-corrected chi connectivity index (χ3v) is 7.85. The number of nitrogens with zero attached hydrogens (tertiary/aromatic N) is 1. The number of ether oxygens (including phenoxy) is 1. The number of fused-ring (bicyclic) bond motifs is 1. The number of anilines is 1. The number of amides is 1. The van der Waals surface area contributed by atoms with Gasteiger partial charge in [0.25, 0.3) is 15.9 Å². The Balaban J connectivity index is 1.66. The molecule has 1 N–H and O–H groups in total. The minimum Gasteiger partial charge on any atom is -0.492 e. The summed E-state index contributed by atoms with van der Waals surface area (Å²) < 4.78 is 34.3. The molecule has 0 radical (unpaired) electrons. The number of benzene rings is 3. The molecule has 3 aromatic rings. The van der Waals surface area contributed by atoms with E-state index in [1.807, 2.05) is 74.5 Å². The number of aryl methyl sites for hydroxylation is 2. The molecule has 1 aliphatic rings. The molecule has 0 aromatic heterocycles. The fourth-order valence-electron chi connectivity index (χ4n) is 4.07. The molecule has 34 heavy (non-hydrogen) atoms. The molecule has 6 nitrogen and oxygen atoms in total. The van der Waals surface area contributed by atoms with Crippen molar-refractivity contribution in [2.45, 2.75) is 20.8 Å². The van der Waals surface area contributed by atoms with Crippen molar-refractivity contribution < 1.29 is 17.9 Å². The van der Waals surface area contributed by atoms with Crippen LogP contribution in [0.15, 0.2) is 77.7 Å². The van der Waals surface area contributed by atoms with E-state index in [1.54, 1.807) is 19.1 Å². The Bertz CT molecular complexity index is 1350. The average Bonchev–Trinajstić information content (AvgIpc) is 2.83. The van der Waals surface area contributed by atoms with Gasteiger partial charge in [-0.05, 0) is 55.7 Å². The van der Waals surface area contributed by atoms with E-state index in [4.69, 9.17) is 4.74 Å². The molecule has 0 bridgehead atoms. The standard InChI is InChI=1S/C27H28N2O4S/c1-4-29-24-13-9-8-12-23(24)25(21-10-6-5-7-11-21)26(34(29,31)32)27(30)28-16-17-33-22-15-14-19(2)20(3)18-22/h5-15,18H,4,16-17H2,1-3H3,(H,28,30). The van der Waals surface area contributed by atoms with E-state index >= 15 is 0 Å². The Morgan fingerprint density at radius 1 is 0.941 bits per heavy atom. The van der Waals surface area contributed by atoms with Gasteiger partial charge in [0, 0.05) is 17.7 Å². The maximum absolute atomic E-state index is 13.6. The molecule has 0 fully saturated rings. The smallest absolute Gasteiger partial charge is 0.270 e. The fraction of sp³-hybridized carbons (Fsp3) is 0.222. The third-order valence-electron chi connectivity index (χ3n) is 5.91. The van der Waals surface area contributed by atoms with Crippen LogP contribution >= 0.6 is 0 Å². The second-order valence-electron chi connectivity index (χ2n) is 8.11. The second kappa shape index (κ2) is 9.73. The molecule has 0 unspecified atom stereocenters. The van der Waals surface area contributed by atoms with Gasteiger partial charge in [0.05, 0.1) is 12.2 Å². The maximum Gasteiger partial charge on any atom is 0.270 e. The highest BCUT2D eigenvalue weighted by Gasteiger charge is 2.40. The lowest BCUT2D eigenvalue weighted by molar-refractivity contribution is -0.116. The van der Waals surface area contributed by atoms with Crippen molar-refractivity contribution in [1.29, 1.82) is 0 Å². The van der Waals surface area contributed by atoms with Crippen molar-refractivity contribution in [3.8, 4) is 5.75 Å². The first-order valence-corrected chi connectivity index (χ1v) is 12.7. The molecule has 176 valence electrons. The van der Waals surface area contributed by atoms with Crippen molar-refractivity contribution in [2.75, 3.05) is 24.0 Å².